The lowest BCUT2D eigenvalue weighted by molar-refractivity contribution is -0.155. The molecule has 1 aromatic carbocycles. The Labute approximate surface area is 99.3 Å². The number of aliphatic hydroxyl groups excluding tert-OH is 2. The van der Waals surface area contributed by atoms with Crippen molar-refractivity contribution < 1.29 is 33.3 Å². The van der Waals surface area contributed by atoms with Gasteiger partial charge in [-0.05, 0) is 17.7 Å². The molecule has 1 aromatic rings. The third-order valence-corrected chi connectivity index (χ3v) is 2.25. The number of alkyl halides is 3. The molecule has 0 radical (unpaired) electrons. The predicted molar refractivity (Wildman–Crippen MR) is 54.5 cm³/mol. The van der Waals surface area contributed by atoms with Crippen molar-refractivity contribution in [3.63, 3.8) is 0 Å². The molecule has 0 aliphatic carbocycles. The van der Waals surface area contributed by atoms with Gasteiger partial charge in [-0.1, -0.05) is 6.07 Å². The van der Waals surface area contributed by atoms with Gasteiger partial charge in [0.25, 0.3) is 0 Å². The van der Waals surface area contributed by atoms with Gasteiger partial charge in [-0.25, -0.2) is 4.79 Å². The van der Waals surface area contributed by atoms with E-state index in [1.54, 1.807) is 0 Å². The van der Waals surface area contributed by atoms with Gasteiger partial charge >= 0.3 is 12.1 Å². The molecule has 0 saturated heterocycles. The third-order valence-electron chi connectivity index (χ3n) is 2.25. The van der Waals surface area contributed by atoms with Crippen LogP contribution < -0.4 is 5.73 Å². The molecule has 5 N–H and O–H groups in total. The van der Waals surface area contributed by atoms with Crippen LogP contribution in [0, 0.1) is 0 Å². The van der Waals surface area contributed by atoms with Crippen molar-refractivity contribution in [3.8, 4) is 0 Å². The van der Waals surface area contributed by atoms with Gasteiger partial charge in [-0.3, -0.25) is 0 Å². The number of carbonyl (C=O) groups is 1. The molecular weight excluding hydrogens is 255 g/mol. The minimum atomic E-state index is -4.82. The van der Waals surface area contributed by atoms with E-state index in [4.69, 9.17) is 15.9 Å². The quantitative estimate of drug-likeness (QED) is 0.604. The first-order chi connectivity index (χ1) is 8.14. The molecule has 0 aliphatic heterocycles. The normalized spacial score (nSPS) is 15.2. The van der Waals surface area contributed by atoms with Gasteiger partial charge in [0.2, 0.25) is 0 Å². The molecule has 5 nitrogen and oxygen atoms in total. The lowest BCUT2D eigenvalue weighted by Gasteiger charge is -2.19. The standard InChI is InChI=1S/C10H10F3NO4/c11-10(12,13)6-3-4(14)1-2-5(6)7(15)8(16)9(17)18/h1-3,7-8,15-16H,14H2,(H,17,18). The zero-order valence-corrected chi connectivity index (χ0v) is 8.85. The van der Waals surface area contributed by atoms with Gasteiger partial charge in [-0.15, -0.1) is 0 Å². The summed E-state index contributed by atoms with van der Waals surface area (Å²) >= 11 is 0. The van der Waals surface area contributed by atoms with Crippen LogP contribution in [0.5, 0.6) is 0 Å². The summed E-state index contributed by atoms with van der Waals surface area (Å²) in [4.78, 5) is 10.4. The number of hydrogen-bond donors (Lipinski definition) is 4. The van der Waals surface area contributed by atoms with Crippen LogP contribution in [-0.4, -0.2) is 27.4 Å². The maximum absolute atomic E-state index is 12.7. The second-order valence-corrected chi connectivity index (χ2v) is 3.57. The maximum Gasteiger partial charge on any atom is 0.416 e. The van der Waals surface area contributed by atoms with Crippen molar-refractivity contribution in [1.82, 2.24) is 0 Å². The predicted octanol–water partition coefficient (Wildman–Crippen LogP) is 0.767. The zero-order chi connectivity index (χ0) is 14.1. The maximum atomic E-state index is 12.7. The highest BCUT2D eigenvalue weighted by Gasteiger charge is 2.38. The van der Waals surface area contributed by atoms with Crippen LogP contribution >= 0.6 is 0 Å². The number of aliphatic carboxylic acids is 1. The van der Waals surface area contributed by atoms with Crippen molar-refractivity contribution in [2.45, 2.75) is 18.4 Å². The Balaban J connectivity index is 3.28. The topological polar surface area (TPSA) is 104 Å². The van der Waals surface area contributed by atoms with Crippen LogP contribution in [0.1, 0.15) is 17.2 Å². The molecule has 0 bridgehead atoms. The third kappa shape index (κ3) is 2.90. The van der Waals surface area contributed by atoms with Crippen LogP contribution in [0.15, 0.2) is 18.2 Å². The molecule has 0 aromatic heterocycles. The van der Waals surface area contributed by atoms with Crippen molar-refractivity contribution in [2.75, 3.05) is 5.73 Å². The number of hydrogen-bond acceptors (Lipinski definition) is 4. The Bertz CT molecular complexity index is 461. The van der Waals surface area contributed by atoms with E-state index in [9.17, 15) is 23.1 Å². The molecule has 8 heteroatoms. The van der Waals surface area contributed by atoms with Crippen molar-refractivity contribution in [2.24, 2.45) is 0 Å². The average Bonchev–Trinajstić information content (AvgIpc) is 2.25. The van der Waals surface area contributed by atoms with E-state index < -0.39 is 35.5 Å². The molecule has 0 fully saturated rings. The number of benzene rings is 1. The van der Waals surface area contributed by atoms with Crippen molar-refractivity contribution in [3.05, 3.63) is 29.3 Å². The number of aliphatic hydroxyl groups is 2. The van der Waals surface area contributed by atoms with Crippen LogP contribution in [0.4, 0.5) is 18.9 Å². The summed E-state index contributed by atoms with van der Waals surface area (Å²) in [6, 6.07) is 2.46. The molecule has 2 atom stereocenters. The van der Waals surface area contributed by atoms with E-state index in [-0.39, 0.29) is 5.69 Å². The molecule has 2 unspecified atom stereocenters. The summed E-state index contributed by atoms with van der Waals surface area (Å²) < 4.78 is 38.0. The molecule has 0 spiro atoms. The van der Waals surface area contributed by atoms with Gasteiger partial charge in [0.1, 0.15) is 6.10 Å². The highest BCUT2D eigenvalue weighted by molar-refractivity contribution is 5.73. The molecule has 100 valence electrons. The number of carboxylic acids is 1. The van der Waals surface area contributed by atoms with E-state index in [1.807, 2.05) is 0 Å². The number of anilines is 1. The second-order valence-electron chi connectivity index (χ2n) is 3.57. The zero-order valence-electron chi connectivity index (χ0n) is 8.85. The Morgan fingerprint density at radius 3 is 2.28 bits per heavy atom. The minimum Gasteiger partial charge on any atom is -0.479 e. The lowest BCUT2D eigenvalue weighted by atomic mass is 9.97. The first-order valence-corrected chi connectivity index (χ1v) is 4.70. The van der Waals surface area contributed by atoms with Crippen LogP contribution in [0.3, 0.4) is 0 Å². The summed E-state index contributed by atoms with van der Waals surface area (Å²) in [5.74, 6) is -1.83. The second kappa shape index (κ2) is 4.83. The van der Waals surface area contributed by atoms with E-state index >= 15 is 0 Å². The van der Waals surface area contributed by atoms with Gasteiger partial charge in [0.15, 0.2) is 6.10 Å². The number of rotatable bonds is 3. The van der Waals surface area contributed by atoms with E-state index in [2.05, 4.69) is 0 Å². The Morgan fingerprint density at radius 1 is 1.28 bits per heavy atom. The highest BCUT2D eigenvalue weighted by atomic mass is 19.4. The molecule has 0 heterocycles. The lowest BCUT2D eigenvalue weighted by Crippen LogP contribution is -2.29. The van der Waals surface area contributed by atoms with Gasteiger partial charge < -0.3 is 21.1 Å². The minimum absolute atomic E-state index is 0.192. The van der Waals surface area contributed by atoms with Gasteiger partial charge in [0, 0.05) is 5.69 Å². The number of carboxylic acid groups (broad SMARTS) is 1. The van der Waals surface area contributed by atoms with Crippen LogP contribution in [0.25, 0.3) is 0 Å². The molecule has 1 rings (SSSR count). The fraction of sp³-hybridized carbons (Fsp3) is 0.300. The molecule has 18 heavy (non-hydrogen) atoms. The number of nitrogen functional groups attached to an aromatic ring is 1. The SMILES string of the molecule is Nc1ccc(C(O)C(O)C(=O)O)c(C(F)(F)F)c1. The monoisotopic (exact) mass is 265 g/mol. The van der Waals surface area contributed by atoms with Crippen LogP contribution in [-0.2, 0) is 11.0 Å². The summed E-state index contributed by atoms with van der Waals surface area (Å²) in [6.45, 7) is 0. The van der Waals surface area contributed by atoms with Crippen molar-refractivity contribution >= 4 is 11.7 Å². The van der Waals surface area contributed by atoms with Crippen LogP contribution in [0.2, 0.25) is 0 Å². The van der Waals surface area contributed by atoms with Crippen molar-refractivity contribution in [1.29, 1.82) is 0 Å². The van der Waals surface area contributed by atoms with E-state index in [0.717, 1.165) is 12.1 Å². The van der Waals surface area contributed by atoms with Gasteiger partial charge in [-0.2, -0.15) is 13.2 Å². The first kappa shape index (κ1) is 14.3. The fourth-order valence-corrected chi connectivity index (χ4v) is 1.38. The number of nitrogens with two attached hydrogens (primary N) is 1. The fourth-order valence-electron chi connectivity index (χ4n) is 1.38. The van der Waals surface area contributed by atoms with E-state index in [1.165, 1.54) is 0 Å². The first-order valence-electron chi connectivity index (χ1n) is 4.70. The summed E-state index contributed by atoms with van der Waals surface area (Å²) in [7, 11) is 0. The molecular formula is C10H10F3NO4. The molecule has 0 aliphatic rings. The van der Waals surface area contributed by atoms with E-state index in [0.29, 0.717) is 6.07 Å². The smallest absolute Gasteiger partial charge is 0.416 e. The highest BCUT2D eigenvalue weighted by Crippen LogP contribution is 2.36. The van der Waals surface area contributed by atoms with Gasteiger partial charge in [0.05, 0.1) is 5.56 Å². The average molecular weight is 265 g/mol. The Hall–Kier alpha value is -1.80. The number of halogens is 3. The summed E-state index contributed by atoms with van der Waals surface area (Å²) in [5, 5.41) is 26.9. The molecule has 0 saturated carbocycles. The summed E-state index contributed by atoms with van der Waals surface area (Å²) in [6.07, 6.45) is -9.36. The molecule has 0 amide bonds. The Morgan fingerprint density at radius 2 is 1.83 bits per heavy atom. The summed E-state index contributed by atoms with van der Waals surface area (Å²) in [5.41, 5.74) is 2.98. The Kier molecular flexibility index (Phi) is 3.82. The largest absolute Gasteiger partial charge is 0.479 e.